The molecule has 2 unspecified atom stereocenters. The minimum absolute atomic E-state index is 0.275. The third-order valence-corrected chi connectivity index (χ3v) is 5.77. The van der Waals surface area contributed by atoms with Crippen LogP contribution in [0.3, 0.4) is 0 Å². The van der Waals surface area contributed by atoms with Crippen LogP contribution >= 0.6 is 0 Å². The number of para-hydroxylation sites is 1. The molecule has 130 valence electrons. The summed E-state index contributed by atoms with van der Waals surface area (Å²) in [6.07, 6.45) is 6.72. The zero-order chi connectivity index (χ0) is 17.3. The number of nitrogens with two attached hydrogens (primary N) is 1. The fourth-order valence-electron chi connectivity index (χ4n) is 4.24. The van der Waals surface area contributed by atoms with E-state index in [4.69, 9.17) is 5.73 Å². The summed E-state index contributed by atoms with van der Waals surface area (Å²) in [4.78, 5) is 0. The van der Waals surface area contributed by atoms with E-state index in [1.165, 1.54) is 34.9 Å². The van der Waals surface area contributed by atoms with Crippen molar-refractivity contribution in [3.63, 3.8) is 0 Å². The van der Waals surface area contributed by atoms with Crippen molar-refractivity contribution >= 4 is 10.9 Å². The fraction of sp³-hybridized carbons (Fsp3) is 0.364. The number of nitrogens with one attached hydrogen (secondary N) is 1. The predicted molar refractivity (Wildman–Crippen MR) is 104 cm³/mol. The van der Waals surface area contributed by atoms with E-state index in [-0.39, 0.29) is 11.7 Å². The molecule has 1 aliphatic rings. The smallest absolute Gasteiger partial charge is 0.108 e. The molecule has 2 atom stereocenters. The highest BCUT2D eigenvalue weighted by Gasteiger charge is 2.39. The molecule has 1 aliphatic carbocycles. The van der Waals surface area contributed by atoms with Gasteiger partial charge < -0.3 is 15.6 Å². The van der Waals surface area contributed by atoms with Crippen LogP contribution in [0.2, 0.25) is 0 Å². The van der Waals surface area contributed by atoms with Gasteiger partial charge in [-0.05, 0) is 54.8 Å². The number of aromatic nitrogens is 1. The van der Waals surface area contributed by atoms with Gasteiger partial charge in [0.25, 0.3) is 0 Å². The second-order valence-corrected chi connectivity index (χ2v) is 7.34. The van der Waals surface area contributed by atoms with Gasteiger partial charge in [-0.1, -0.05) is 48.9 Å². The Bertz CT molecular complexity index is 866. The van der Waals surface area contributed by atoms with Gasteiger partial charge >= 0.3 is 0 Å². The van der Waals surface area contributed by atoms with E-state index in [1.807, 2.05) is 0 Å². The number of hydrogen-bond acceptors (Lipinski definition) is 2. The van der Waals surface area contributed by atoms with Crippen LogP contribution in [0.4, 0.5) is 0 Å². The monoisotopic (exact) mass is 333 g/mol. The molecule has 2 aromatic carbocycles. The first-order chi connectivity index (χ1) is 12.2. The topological polar surface area (TPSA) is 43.0 Å². The Balaban J connectivity index is 1.63. The molecular weight excluding hydrogens is 306 g/mol. The Kier molecular flexibility index (Phi) is 4.36. The molecule has 3 N–H and O–H groups in total. The molecule has 3 aromatic rings. The molecule has 0 bridgehead atoms. The van der Waals surface area contributed by atoms with Crippen LogP contribution in [0.25, 0.3) is 10.9 Å². The Labute approximate surface area is 149 Å². The maximum absolute atomic E-state index is 7.04. The normalized spacial score (nSPS) is 23.8. The van der Waals surface area contributed by atoms with Crippen LogP contribution in [-0.2, 0) is 12.2 Å². The van der Waals surface area contributed by atoms with Gasteiger partial charge in [0.15, 0.2) is 0 Å². The van der Waals surface area contributed by atoms with Gasteiger partial charge in [-0.15, -0.1) is 0 Å². The van der Waals surface area contributed by atoms with E-state index < -0.39 is 0 Å². The molecule has 1 fully saturated rings. The Hall–Kier alpha value is -2.10. The number of fused-ring (bicyclic) bond motifs is 1. The molecule has 4 rings (SSSR count). The van der Waals surface area contributed by atoms with E-state index in [9.17, 15) is 0 Å². The summed E-state index contributed by atoms with van der Waals surface area (Å²) in [5, 5.41) is 5.04. The van der Waals surface area contributed by atoms with Gasteiger partial charge in [-0.25, -0.2) is 0 Å². The van der Waals surface area contributed by atoms with Gasteiger partial charge in [0.05, 0.1) is 0 Å². The molecule has 3 heteroatoms. The Morgan fingerprint density at radius 2 is 1.88 bits per heavy atom. The SMILES string of the molecule is Cc1ccccc1CNC1CCCCC1(N)n1ccc2ccccc21. The maximum atomic E-state index is 7.04. The molecule has 0 spiro atoms. The molecule has 1 saturated carbocycles. The van der Waals surface area contributed by atoms with Crippen molar-refractivity contribution in [1.82, 2.24) is 9.88 Å². The summed E-state index contributed by atoms with van der Waals surface area (Å²) in [5.74, 6) is 0. The molecule has 1 heterocycles. The van der Waals surface area contributed by atoms with Crippen LogP contribution in [0.1, 0.15) is 36.8 Å². The summed E-state index contributed by atoms with van der Waals surface area (Å²) in [6, 6.07) is 19.6. The second-order valence-electron chi connectivity index (χ2n) is 7.34. The standard InChI is InChI=1S/C22H27N3/c1-17-8-2-3-10-19(17)16-24-21-12-6-7-14-22(21,23)25-15-13-18-9-4-5-11-20(18)25/h2-5,8-11,13,15,21,24H,6-7,12,14,16,23H2,1H3. The van der Waals surface area contributed by atoms with Crippen molar-refractivity contribution in [1.29, 1.82) is 0 Å². The van der Waals surface area contributed by atoms with E-state index in [0.29, 0.717) is 0 Å². The Morgan fingerprint density at radius 1 is 1.08 bits per heavy atom. The van der Waals surface area contributed by atoms with Crippen molar-refractivity contribution in [2.24, 2.45) is 5.73 Å². The van der Waals surface area contributed by atoms with Crippen LogP contribution in [-0.4, -0.2) is 10.6 Å². The average Bonchev–Trinajstić information content (AvgIpc) is 3.07. The summed E-state index contributed by atoms with van der Waals surface area (Å²) in [6.45, 7) is 3.04. The molecule has 1 aromatic heterocycles. The van der Waals surface area contributed by atoms with Crippen molar-refractivity contribution in [2.45, 2.75) is 50.9 Å². The first-order valence-corrected chi connectivity index (χ1v) is 9.32. The van der Waals surface area contributed by atoms with Gasteiger partial charge in [0.2, 0.25) is 0 Å². The van der Waals surface area contributed by atoms with Gasteiger partial charge in [-0.3, -0.25) is 0 Å². The number of rotatable bonds is 4. The largest absolute Gasteiger partial charge is 0.327 e. The van der Waals surface area contributed by atoms with E-state index in [0.717, 1.165) is 19.4 Å². The fourth-order valence-corrected chi connectivity index (χ4v) is 4.24. The average molecular weight is 333 g/mol. The van der Waals surface area contributed by atoms with Crippen LogP contribution < -0.4 is 11.1 Å². The number of aryl methyl sites for hydroxylation is 1. The summed E-state index contributed by atoms with van der Waals surface area (Å²) >= 11 is 0. The molecule has 0 aliphatic heterocycles. The van der Waals surface area contributed by atoms with Crippen molar-refractivity contribution in [3.8, 4) is 0 Å². The van der Waals surface area contributed by atoms with Crippen LogP contribution in [0.15, 0.2) is 60.8 Å². The number of nitrogens with zero attached hydrogens (tertiary/aromatic N) is 1. The first kappa shape index (κ1) is 16.4. The highest BCUT2D eigenvalue weighted by atomic mass is 15.2. The highest BCUT2D eigenvalue weighted by Crippen LogP contribution is 2.34. The number of hydrogen-bond donors (Lipinski definition) is 2. The molecule has 3 nitrogen and oxygen atoms in total. The lowest BCUT2D eigenvalue weighted by Gasteiger charge is -2.43. The van der Waals surface area contributed by atoms with Crippen LogP contribution in [0, 0.1) is 6.92 Å². The summed E-state index contributed by atoms with van der Waals surface area (Å²) in [5.41, 5.74) is 10.6. The van der Waals surface area contributed by atoms with E-state index in [2.05, 4.69) is 77.6 Å². The van der Waals surface area contributed by atoms with Crippen LogP contribution in [0.5, 0.6) is 0 Å². The van der Waals surface area contributed by atoms with E-state index in [1.54, 1.807) is 0 Å². The van der Waals surface area contributed by atoms with E-state index >= 15 is 0 Å². The van der Waals surface area contributed by atoms with Gasteiger partial charge in [0, 0.05) is 24.3 Å². The number of benzene rings is 2. The zero-order valence-electron chi connectivity index (χ0n) is 14.9. The van der Waals surface area contributed by atoms with Crippen molar-refractivity contribution < 1.29 is 0 Å². The quantitative estimate of drug-likeness (QED) is 0.748. The zero-order valence-corrected chi connectivity index (χ0v) is 14.9. The lowest BCUT2D eigenvalue weighted by molar-refractivity contribution is 0.142. The molecule has 0 amide bonds. The lowest BCUT2D eigenvalue weighted by Crippen LogP contribution is -2.59. The highest BCUT2D eigenvalue weighted by molar-refractivity contribution is 5.80. The summed E-state index contributed by atoms with van der Waals surface area (Å²) in [7, 11) is 0. The Morgan fingerprint density at radius 3 is 2.76 bits per heavy atom. The summed E-state index contributed by atoms with van der Waals surface area (Å²) < 4.78 is 2.30. The second kappa shape index (κ2) is 6.66. The third-order valence-electron chi connectivity index (χ3n) is 5.77. The molecule has 0 radical (unpaired) electrons. The molecule has 0 saturated heterocycles. The molecular formula is C22H27N3. The first-order valence-electron chi connectivity index (χ1n) is 9.32. The molecule has 25 heavy (non-hydrogen) atoms. The predicted octanol–water partition coefficient (Wildman–Crippen LogP) is 4.29. The minimum Gasteiger partial charge on any atom is -0.327 e. The maximum Gasteiger partial charge on any atom is 0.108 e. The third kappa shape index (κ3) is 2.99. The minimum atomic E-state index is -0.371. The van der Waals surface area contributed by atoms with Gasteiger partial charge in [0.1, 0.15) is 5.66 Å². The lowest BCUT2D eigenvalue weighted by atomic mass is 9.84. The van der Waals surface area contributed by atoms with Crippen molar-refractivity contribution in [3.05, 3.63) is 71.9 Å². The van der Waals surface area contributed by atoms with Crippen molar-refractivity contribution in [2.75, 3.05) is 0 Å². The van der Waals surface area contributed by atoms with Gasteiger partial charge in [-0.2, -0.15) is 0 Å².